The molecule has 8 nitrogen and oxygen atoms in total. The monoisotopic (exact) mass is 368 g/mol. The summed E-state index contributed by atoms with van der Waals surface area (Å²) in [6, 6.07) is 0.285. The Kier molecular flexibility index (Phi) is 11.4. The van der Waals surface area contributed by atoms with Crippen molar-refractivity contribution in [1.82, 2.24) is 0 Å². The van der Waals surface area contributed by atoms with E-state index in [-0.39, 0.29) is 28.7 Å². The number of aliphatic imine (C=N–C) groups is 1. The molecule has 0 aliphatic heterocycles. The van der Waals surface area contributed by atoms with Crippen LogP contribution in [0.2, 0.25) is 0 Å². The summed E-state index contributed by atoms with van der Waals surface area (Å²) in [5.74, 6) is -1.50. The van der Waals surface area contributed by atoms with Gasteiger partial charge in [-0.3, -0.25) is 4.99 Å². The van der Waals surface area contributed by atoms with Crippen LogP contribution in [0.4, 0.5) is 0 Å². The smallest absolute Gasteiger partial charge is 0.342 e. The number of hydrogen-bond acceptors (Lipinski definition) is 8. The van der Waals surface area contributed by atoms with E-state index in [0.717, 1.165) is 19.1 Å². The normalized spacial score (nSPS) is 16.6. The number of nitrogens with one attached hydrogen (secondary N) is 1. The maximum absolute atomic E-state index is 11.3. The van der Waals surface area contributed by atoms with Crippen LogP contribution in [0.1, 0.15) is 46.0 Å². The zero-order valence-electron chi connectivity index (χ0n) is 15.7. The third kappa shape index (κ3) is 8.46. The van der Waals surface area contributed by atoms with E-state index in [9.17, 15) is 14.7 Å². The van der Waals surface area contributed by atoms with E-state index < -0.39 is 11.9 Å². The molecule has 0 unspecified atom stereocenters. The molecule has 8 heteroatoms. The van der Waals surface area contributed by atoms with Gasteiger partial charge >= 0.3 is 11.9 Å². The van der Waals surface area contributed by atoms with Gasteiger partial charge in [-0.05, 0) is 26.7 Å². The van der Waals surface area contributed by atoms with Crippen molar-refractivity contribution in [2.24, 2.45) is 4.99 Å². The minimum atomic E-state index is -0.699. The largest absolute Gasteiger partial charge is 0.512 e. The third-order valence-electron chi connectivity index (χ3n) is 3.72. The molecule has 146 valence electrons. The fourth-order valence-corrected chi connectivity index (χ4v) is 2.23. The van der Waals surface area contributed by atoms with Crippen LogP contribution < -0.4 is 0 Å². The van der Waals surface area contributed by atoms with E-state index in [4.69, 9.17) is 10.5 Å². The van der Waals surface area contributed by atoms with Crippen molar-refractivity contribution in [3.05, 3.63) is 22.7 Å². The Morgan fingerprint density at radius 2 is 1.42 bits per heavy atom. The first kappa shape index (κ1) is 23.4. The minimum Gasteiger partial charge on any atom is -0.512 e. The van der Waals surface area contributed by atoms with E-state index in [2.05, 4.69) is 14.5 Å². The van der Waals surface area contributed by atoms with Crippen molar-refractivity contribution in [3.8, 4) is 0 Å². The summed E-state index contributed by atoms with van der Waals surface area (Å²) in [5, 5.41) is 24.8. The summed E-state index contributed by atoms with van der Waals surface area (Å²) in [6.07, 6.45) is 7.97. The molecule has 0 radical (unpaired) electrons. The van der Waals surface area contributed by atoms with Gasteiger partial charge in [0.25, 0.3) is 0 Å². The van der Waals surface area contributed by atoms with Gasteiger partial charge in [0, 0.05) is 18.5 Å². The van der Waals surface area contributed by atoms with Crippen molar-refractivity contribution in [3.63, 3.8) is 0 Å². The summed E-state index contributed by atoms with van der Waals surface area (Å²) < 4.78 is 8.82. The van der Waals surface area contributed by atoms with Crippen molar-refractivity contribution < 1.29 is 29.3 Å². The third-order valence-corrected chi connectivity index (χ3v) is 3.72. The van der Waals surface area contributed by atoms with Gasteiger partial charge in [0.2, 0.25) is 0 Å². The molecular weight excluding hydrogens is 340 g/mol. The Morgan fingerprint density at radius 3 is 1.77 bits per heavy atom. The molecule has 0 saturated heterocycles. The van der Waals surface area contributed by atoms with Crippen LogP contribution in [0, 0.1) is 5.41 Å². The molecule has 3 N–H and O–H groups in total. The molecule has 0 spiro atoms. The lowest BCUT2D eigenvalue weighted by Crippen LogP contribution is -2.13. The van der Waals surface area contributed by atoms with Crippen LogP contribution in [0.25, 0.3) is 0 Å². The van der Waals surface area contributed by atoms with Crippen LogP contribution in [0.5, 0.6) is 0 Å². The number of aliphatic hydroxyl groups is 2. The Morgan fingerprint density at radius 1 is 0.962 bits per heavy atom. The molecule has 0 amide bonds. The van der Waals surface area contributed by atoms with Crippen LogP contribution in [-0.2, 0) is 19.1 Å². The Balaban J connectivity index is 0.000000541. The van der Waals surface area contributed by atoms with Crippen LogP contribution in [-0.4, -0.2) is 54.8 Å². The molecule has 0 aromatic heterocycles. The van der Waals surface area contributed by atoms with Crippen LogP contribution >= 0.6 is 0 Å². The minimum absolute atomic E-state index is 0.0496. The number of rotatable bonds is 5. The van der Waals surface area contributed by atoms with E-state index in [1.54, 1.807) is 0 Å². The maximum atomic E-state index is 11.3. The first-order valence-corrected chi connectivity index (χ1v) is 8.28. The Labute approximate surface area is 153 Å². The summed E-state index contributed by atoms with van der Waals surface area (Å²) in [4.78, 5) is 26.2. The highest BCUT2D eigenvalue weighted by Gasteiger charge is 2.14. The first-order valence-electron chi connectivity index (χ1n) is 8.28. The average Bonchev–Trinajstić information content (AvgIpc) is 2.62. The second-order valence-electron chi connectivity index (χ2n) is 5.70. The molecule has 0 heterocycles. The number of esters is 2. The second-order valence-corrected chi connectivity index (χ2v) is 5.70. The van der Waals surface area contributed by atoms with Gasteiger partial charge in [-0.2, -0.15) is 0 Å². The fourth-order valence-electron chi connectivity index (χ4n) is 2.23. The van der Waals surface area contributed by atoms with Gasteiger partial charge in [-0.1, -0.05) is 19.3 Å². The van der Waals surface area contributed by atoms with Gasteiger partial charge in [0.05, 0.1) is 14.2 Å². The van der Waals surface area contributed by atoms with E-state index >= 15 is 0 Å². The fraction of sp³-hybridized carbons (Fsp3) is 0.556. The molecule has 1 aliphatic carbocycles. The van der Waals surface area contributed by atoms with E-state index in [1.165, 1.54) is 53.5 Å². The lowest BCUT2D eigenvalue weighted by molar-refractivity contribution is -0.136. The Hall–Kier alpha value is -2.64. The van der Waals surface area contributed by atoms with Crippen molar-refractivity contribution >= 4 is 24.4 Å². The highest BCUT2D eigenvalue weighted by molar-refractivity contribution is 6.10. The number of ether oxygens (including phenoxy) is 2. The highest BCUT2D eigenvalue weighted by atomic mass is 16.5. The number of aliphatic hydroxyl groups excluding tert-OH is 2. The molecule has 0 bridgehead atoms. The molecule has 0 aromatic carbocycles. The predicted molar refractivity (Wildman–Crippen MR) is 98.8 cm³/mol. The standard InChI is InChI=1S/C12H19NO3.C6H9NO3/c1-9(14)11(12(15)16-2)8-13-10-6-4-3-5-7-10;1-4(8)5(3-7)6(9)10-2/h8,10,14H,3-7H2,1-2H3;3,7-8H,1-2H3/b11-9+,13-8?;5-4+,7-3?. The summed E-state index contributed by atoms with van der Waals surface area (Å²) in [5.41, 5.74) is 0.0237. The molecule has 1 saturated carbocycles. The zero-order chi connectivity index (χ0) is 20.1. The van der Waals surface area contributed by atoms with Crippen molar-refractivity contribution in [2.75, 3.05) is 14.2 Å². The molecular formula is C18H28N2O6. The van der Waals surface area contributed by atoms with Crippen molar-refractivity contribution in [2.45, 2.75) is 52.0 Å². The van der Waals surface area contributed by atoms with Gasteiger partial charge < -0.3 is 25.1 Å². The summed E-state index contributed by atoms with van der Waals surface area (Å²) in [7, 11) is 2.48. The lowest BCUT2D eigenvalue weighted by Gasteiger charge is -2.17. The molecule has 0 aromatic rings. The first-order chi connectivity index (χ1) is 12.3. The van der Waals surface area contributed by atoms with Gasteiger partial charge in [0.15, 0.2) is 0 Å². The predicted octanol–water partition coefficient (Wildman–Crippen LogP) is 3.04. The SMILES string of the molecule is COC(=O)/C(C=N)=C(\C)O.COC(=O)/C(C=NC1CCCCC1)=C(\C)O. The molecule has 1 aliphatic rings. The van der Waals surface area contributed by atoms with Crippen LogP contribution in [0.3, 0.4) is 0 Å². The van der Waals surface area contributed by atoms with Gasteiger partial charge in [-0.15, -0.1) is 0 Å². The average molecular weight is 368 g/mol. The Bertz CT molecular complexity index is 578. The number of allylic oxidation sites excluding steroid dienone is 2. The highest BCUT2D eigenvalue weighted by Crippen LogP contribution is 2.20. The number of carbonyl (C=O) groups excluding carboxylic acids is 2. The summed E-state index contributed by atoms with van der Waals surface area (Å²) >= 11 is 0. The molecule has 0 atom stereocenters. The zero-order valence-corrected chi connectivity index (χ0v) is 15.7. The van der Waals surface area contributed by atoms with Crippen LogP contribution in [0.15, 0.2) is 27.7 Å². The van der Waals surface area contributed by atoms with E-state index in [0.29, 0.717) is 0 Å². The molecule has 1 rings (SSSR count). The summed E-state index contributed by atoms with van der Waals surface area (Å²) in [6.45, 7) is 2.77. The van der Waals surface area contributed by atoms with Crippen molar-refractivity contribution in [1.29, 1.82) is 5.41 Å². The quantitative estimate of drug-likeness (QED) is 0.296. The molecule has 26 heavy (non-hydrogen) atoms. The number of methoxy groups -OCH3 is 2. The van der Waals surface area contributed by atoms with Gasteiger partial charge in [0.1, 0.15) is 22.7 Å². The molecule has 1 fully saturated rings. The van der Waals surface area contributed by atoms with E-state index in [1.807, 2.05) is 0 Å². The topological polar surface area (TPSA) is 129 Å². The maximum Gasteiger partial charge on any atom is 0.342 e. The second kappa shape index (κ2) is 12.7. The van der Waals surface area contributed by atoms with Gasteiger partial charge in [-0.25, -0.2) is 9.59 Å². The number of nitrogens with zero attached hydrogens (tertiary/aromatic N) is 1. The lowest BCUT2D eigenvalue weighted by atomic mass is 9.96. The number of hydrogen-bond donors (Lipinski definition) is 3. The number of carbonyl (C=O) groups is 2.